The highest BCUT2D eigenvalue weighted by atomic mass is 16.4. The number of aromatic nitrogens is 3. The lowest BCUT2D eigenvalue weighted by Gasteiger charge is -2.28. The van der Waals surface area contributed by atoms with E-state index in [1.165, 1.54) is 11.2 Å². The van der Waals surface area contributed by atoms with Gasteiger partial charge in [-0.05, 0) is 13.3 Å². The van der Waals surface area contributed by atoms with Crippen LogP contribution in [0.5, 0.6) is 0 Å². The normalized spacial score (nSPS) is 22.5. The second-order valence-electron chi connectivity index (χ2n) is 4.74. The van der Waals surface area contributed by atoms with Crippen molar-refractivity contribution in [2.24, 2.45) is 5.92 Å². The molecule has 1 aromatic heterocycles. The van der Waals surface area contributed by atoms with Gasteiger partial charge in [0.1, 0.15) is 12.2 Å². The Morgan fingerprint density at radius 2 is 2.37 bits per heavy atom. The van der Waals surface area contributed by atoms with Crippen LogP contribution in [0.4, 0.5) is 4.79 Å². The third-order valence-electron chi connectivity index (χ3n) is 3.50. The fourth-order valence-electron chi connectivity index (χ4n) is 2.36. The number of urea groups is 1. The average molecular weight is 267 g/mol. The molecule has 2 N–H and O–H groups in total. The lowest BCUT2D eigenvalue weighted by atomic mass is 10.0. The maximum atomic E-state index is 12.2. The fourth-order valence-corrected chi connectivity index (χ4v) is 2.36. The molecule has 2 unspecified atom stereocenters. The molecule has 0 aliphatic carbocycles. The zero-order chi connectivity index (χ0) is 14.0. The van der Waals surface area contributed by atoms with Crippen LogP contribution in [0.1, 0.15) is 19.2 Å². The second kappa shape index (κ2) is 5.25. The number of aromatic amines is 1. The molecule has 2 atom stereocenters. The Balaban J connectivity index is 1.98. The summed E-state index contributed by atoms with van der Waals surface area (Å²) in [6.45, 7) is 2.56. The Bertz CT molecular complexity index is 461. The molecule has 8 heteroatoms. The minimum atomic E-state index is -0.847. The summed E-state index contributed by atoms with van der Waals surface area (Å²) < 4.78 is 0. The molecule has 0 radical (unpaired) electrons. The monoisotopic (exact) mass is 267 g/mol. The van der Waals surface area contributed by atoms with E-state index in [1.807, 2.05) is 0 Å². The molecular weight excluding hydrogens is 250 g/mol. The second-order valence-corrected chi connectivity index (χ2v) is 4.74. The minimum Gasteiger partial charge on any atom is -0.481 e. The van der Waals surface area contributed by atoms with Crippen molar-refractivity contribution in [1.82, 2.24) is 25.0 Å². The molecule has 1 fully saturated rings. The predicted molar refractivity (Wildman–Crippen MR) is 65.2 cm³/mol. The lowest BCUT2D eigenvalue weighted by Crippen LogP contribution is -2.44. The van der Waals surface area contributed by atoms with E-state index in [0.29, 0.717) is 25.3 Å². The van der Waals surface area contributed by atoms with Gasteiger partial charge in [0.2, 0.25) is 0 Å². The van der Waals surface area contributed by atoms with E-state index in [4.69, 9.17) is 5.11 Å². The largest absolute Gasteiger partial charge is 0.481 e. The molecule has 0 bridgehead atoms. The van der Waals surface area contributed by atoms with Crippen LogP contribution in [0.25, 0.3) is 0 Å². The third kappa shape index (κ3) is 2.67. The molecule has 1 saturated heterocycles. The number of nitrogens with one attached hydrogen (secondary N) is 1. The molecule has 1 aliphatic rings. The topological polar surface area (TPSA) is 102 Å². The molecule has 0 aromatic carbocycles. The van der Waals surface area contributed by atoms with Crippen molar-refractivity contribution in [2.75, 3.05) is 13.6 Å². The first-order chi connectivity index (χ1) is 9.00. The van der Waals surface area contributed by atoms with Gasteiger partial charge in [-0.3, -0.25) is 9.89 Å². The number of hydrogen-bond donors (Lipinski definition) is 2. The van der Waals surface area contributed by atoms with Gasteiger partial charge in [0.05, 0.1) is 12.5 Å². The zero-order valence-electron chi connectivity index (χ0n) is 10.9. The Morgan fingerprint density at radius 3 is 2.89 bits per heavy atom. The summed E-state index contributed by atoms with van der Waals surface area (Å²) in [6, 6.07) is -0.477. The van der Waals surface area contributed by atoms with E-state index in [0.717, 1.165) is 0 Å². The quantitative estimate of drug-likeness (QED) is 0.811. The molecule has 1 aliphatic heterocycles. The van der Waals surface area contributed by atoms with Gasteiger partial charge in [-0.1, -0.05) is 0 Å². The lowest BCUT2D eigenvalue weighted by molar-refractivity contribution is -0.142. The summed E-state index contributed by atoms with van der Waals surface area (Å²) >= 11 is 0. The SMILES string of the molecule is CC1C(C(=O)O)CCN1C(=O)N(C)Cc1ncn[nH]1. The van der Waals surface area contributed by atoms with Crippen molar-refractivity contribution >= 4 is 12.0 Å². The van der Waals surface area contributed by atoms with Gasteiger partial charge in [-0.2, -0.15) is 5.10 Å². The van der Waals surface area contributed by atoms with Crippen molar-refractivity contribution in [3.8, 4) is 0 Å². The number of carboxylic acid groups (broad SMARTS) is 1. The van der Waals surface area contributed by atoms with Gasteiger partial charge < -0.3 is 14.9 Å². The van der Waals surface area contributed by atoms with E-state index in [9.17, 15) is 9.59 Å². The van der Waals surface area contributed by atoms with E-state index in [-0.39, 0.29) is 12.1 Å². The number of likely N-dealkylation sites (tertiary alicyclic amines) is 1. The van der Waals surface area contributed by atoms with Gasteiger partial charge in [0, 0.05) is 19.6 Å². The summed E-state index contributed by atoms with van der Waals surface area (Å²) in [5.74, 6) is -0.735. The molecule has 19 heavy (non-hydrogen) atoms. The van der Waals surface area contributed by atoms with Gasteiger partial charge in [0.15, 0.2) is 0 Å². The van der Waals surface area contributed by atoms with Crippen molar-refractivity contribution in [3.63, 3.8) is 0 Å². The van der Waals surface area contributed by atoms with Crippen LogP contribution in [-0.2, 0) is 11.3 Å². The molecule has 0 spiro atoms. The van der Waals surface area contributed by atoms with Crippen molar-refractivity contribution < 1.29 is 14.7 Å². The standard InChI is InChI=1S/C11H17N5O3/c1-7-8(10(17)18)3-4-16(7)11(19)15(2)5-9-12-6-13-14-9/h6-8H,3-5H2,1-2H3,(H,17,18)(H,12,13,14). The van der Waals surface area contributed by atoms with Gasteiger partial charge in [-0.25, -0.2) is 9.78 Å². The Kier molecular flexibility index (Phi) is 3.68. The number of aliphatic carboxylic acids is 1. The van der Waals surface area contributed by atoms with E-state index >= 15 is 0 Å². The number of H-pyrrole nitrogens is 1. The number of hydrogen-bond acceptors (Lipinski definition) is 4. The van der Waals surface area contributed by atoms with Crippen molar-refractivity contribution in [3.05, 3.63) is 12.2 Å². The molecule has 2 rings (SSSR count). The Labute approximate surface area is 110 Å². The van der Waals surface area contributed by atoms with Crippen LogP contribution in [0, 0.1) is 5.92 Å². The summed E-state index contributed by atoms with van der Waals surface area (Å²) in [5.41, 5.74) is 0. The van der Waals surface area contributed by atoms with E-state index in [2.05, 4.69) is 15.2 Å². The van der Waals surface area contributed by atoms with Crippen LogP contribution < -0.4 is 0 Å². The molecule has 1 aromatic rings. The third-order valence-corrected chi connectivity index (χ3v) is 3.50. The maximum Gasteiger partial charge on any atom is 0.320 e. The van der Waals surface area contributed by atoms with Crippen LogP contribution in [0.3, 0.4) is 0 Å². The van der Waals surface area contributed by atoms with Crippen LogP contribution in [0.2, 0.25) is 0 Å². The highest BCUT2D eigenvalue weighted by Crippen LogP contribution is 2.25. The molecule has 2 amide bonds. The highest BCUT2D eigenvalue weighted by molar-refractivity contribution is 5.78. The minimum absolute atomic E-state index is 0.187. The van der Waals surface area contributed by atoms with Crippen LogP contribution >= 0.6 is 0 Å². The number of rotatable bonds is 3. The van der Waals surface area contributed by atoms with Gasteiger partial charge >= 0.3 is 12.0 Å². The van der Waals surface area contributed by atoms with E-state index in [1.54, 1.807) is 18.9 Å². The number of amides is 2. The molecule has 8 nitrogen and oxygen atoms in total. The summed E-state index contributed by atoms with van der Waals surface area (Å²) in [4.78, 5) is 30.3. The number of carbonyl (C=O) groups excluding carboxylic acids is 1. The first-order valence-corrected chi connectivity index (χ1v) is 6.09. The van der Waals surface area contributed by atoms with Crippen molar-refractivity contribution in [2.45, 2.75) is 25.9 Å². The molecular formula is C11H17N5O3. The average Bonchev–Trinajstić information content (AvgIpc) is 2.97. The first-order valence-electron chi connectivity index (χ1n) is 6.09. The van der Waals surface area contributed by atoms with Crippen molar-refractivity contribution in [1.29, 1.82) is 0 Å². The van der Waals surface area contributed by atoms with E-state index < -0.39 is 11.9 Å². The highest BCUT2D eigenvalue weighted by Gasteiger charge is 2.39. The summed E-state index contributed by atoms with van der Waals surface area (Å²) in [6.07, 6.45) is 1.88. The Hall–Kier alpha value is -2.12. The maximum absolute atomic E-state index is 12.2. The first kappa shape index (κ1) is 13.3. The summed E-state index contributed by atoms with van der Waals surface area (Å²) in [5, 5.41) is 15.5. The molecule has 0 saturated carbocycles. The van der Waals surface area contributed by atoms with Gasteiger partial charge in [0.25, 0.3) is 0 Å². The smallest absolute Gasteiger partial charge is 0.320 e. The summed E-state index contributed by atoms with van der Waals surface area (Å²) in [7, 11) is 1.66. The van der Waals surface area contributed by atoms with Gasteiger partial charge in [-0.15, -0.1) is 0 Å². The predicted octanol–water partition coefficient (Wildman–Crippen LogP) is 0.152. The molecule has 104 valence electrons. The van der Waals surface area contributed by atoms with Crippen LogP contribution in [0.15, 0.2) is 6.33 Å². The van der Waals surface area contributed by atoms with Crippen LogP contribution in [-0.4, -0.2) is 61.7 Å². The number of carboxylic acids is 1. The molecule has 2 heterocycles. The zero-order valence-corrected chi connectivity index (χ0v) is 10.9. The fraction of sp³-hybridized carbons (Fsp3) is 0.636. The number of nitrogens with zero attached hydrogens (tertiary/aromatic N) is 4. The number of carbonyl (C=O) groups is 2. The Morgan fingerprint density at radius 1 is 1.63 bits per heavy atom.